The smallest absolute Gasteiger partial charge is 0.264 e. The largest absolute Gasteiger partial charge is 0.497 e. The number of nitrogens with zero attached hydrogens (tertiary/aromatic N) is 1. The lowest BCUT2D eigenvalue weighted by Gasteiger charge is -2.30. The van der Waals surface area contributed by atoms with E-state index in [-0.39, 0.29) is 16.2 Å². The molecule has 0 aromatic heterocycles. The molecular weight excluding hydrogens is 490 g/mol. The Morgan fingerprint density at radius 1 is 0.919 bits per heavy atom. The minimum Gasteiger partial charge on any atom is -0.497 e. The number of morpholine rings is 1. The summed E-state index contributed by atoms with van der Waals surface area (Å²) in [6.07, 6.45) is 0. The van der Waals surface area contributed by atoms with Gasteiger partial charge in [0.1, 0.15) is 10.6 Å². The Balaban J connectivity index is 1.63. The second-order valence-corrected chi connectivity index (χ2v) is 11.5. The molecule has 1 aliphatic heterocycles. The third-order valence-electron chi connectivity index (χ3n) is 6.21. The Morgan fingerprint density at radius 2 is 1.54 bits per heavy atom. The van der Waals surface area contributed by atoms with Gasteiger partial charge in [-0.25, -0.2) is 8.42 Å². The maximum Gasteiger partial charge on any atom is 0.264 e. The molecule has 8 nitrogen and oxygen atoms in total. The van der Waals surface area contributed by atoms with Gasteiger partial charge in [-0.15, -0.1) is 0 Å². The van der Waals surface area contributed by atoms with Crippen LogP contribution in [0, 0.1) is 0 Å². The van der Waals surface area contributed by atoms with E-state index < -0.39 is 10.0 Å². The zero-order chi connectivity index (χ0) is 26.6. The van der Waals surface area contributed by atoms with Gasteiger partial charge in [0.2, 0.25) is 0 Å². The average Bonchev–Trinajstić information content (AvgIpc) is 2.89. The molecule has 3 aromatic carbocycles. The zero-order valence-electron chi connectivity index (χ0n) is 21.6. The number of carbonyl (C=O) groups is 1. The number of sulfonamides is 1. The summed E-state index contributed by atoms with van der Waals surface area (Å²) in [5, 5.41) is 2.85. The molecule has 196 valence electrons. The number of carbonyl (C=O) groups excluding carboxylic acids is 1. The van der Waals surface area contributed by atoms with Crippen molar-refractivity contribution in [3.8, 4) is 5.75 Å². The fraction of sp³-hybridized carbons (Fsp3) is 0.321. The van der Waals surface area contributed by atoms with Crippen LogP contribution in [0.2, 0.25) is 0 Å². The van der Waals surface area contributed by atoms with Crippen molar-refractivity contribution in [3.63, 3.8) is 0 Å². The first-order chi connectivity index (χ1) is 17.6. The number of methoxy groups -OCH3 is 1. The highest BCUT2D eigenvalue weighted by Gasteiger charge is 2.25. The molecule has 1 amide bonds. The van der Waals surface area contributed by atoms with Gasteiger partial charge in [0.15, 0.2) is 0 Å². The lowest BCUT2D eigenvalue weighted by molar-refractivity contribution is 0.102. The highest BCUT2D eigenvalue weighted by atomic mass is 32.2. The lowest BCUT2D eigenvalue weighted by atomic mass is 9.87. The van der Waals surface area contributed by atoms with Crippen molar-refractivity contribution < 1.29 is 22.7 Å². The van der Waals surface area contributed by atoms with Crippen LogP contribution in [0.5, 0.6) is 5.75 Å². The number of nitrogens with one attached hydrogen (secondary N) is 2. The molecule has 9 heteroatoms. The van der Waals surface area contributed by atoms with Gasteiger partial charge >= 0.3 is 0 Å². The molecule has 2 N–H and O–H groups in total. The summed E-state index contributed by atoms with van der Waals surface area (Å²) >= 11 is 0. The Morgan fingerprint density at radius 3 is 2.14 bits per heavy atom. The molecule has 0 aliphatic carbocycles. The van der Waals surface area contributed by atoms with Crippen LogP contribution in [0.1, 0.15) is 36.7 Å². The third kappa shape index (κ3) is 6.42. The molecule has 4 rings (SSSR count). The molecule has 0 radical (unpaired) electrons. The van der Waals surface area contributed by atoms with Crippen LogP contribution in [-0.4, -0.2) is 47.7 Å². The molecule has 1 saturated heterocycles. The first-order valence-corrected chi connectivity index (χ1v) is 13.6. The number of ether oxygens (including phenoxy) is 2. The Bertz CT molecular complexity index is 1340. The van der Waals surface area contributed by atoms with Crippen LogP contribution < -0.4 is 19.7 Å². The highest BCUT2D eigenvalue weighted by molar-refractivity contribution is 7.92. The van der Waals surface area contributed by atoms with E-state index in [9.17, 15) is 13.2 Å². The topological polar surface area (TPSA) is 97.0 Å². The number of rotatable bonds is 7. The highest BCUT2D eigenvalue weighted by Crippen LogP contribution is 2.31. The summed E-state index contributed by atoms with van der Waals surface area (Å²) in [4.78, 5) is 15.0. The Labute approximate surface area is 218 Å². The summed E-state index contributed by atoms with van der Waals surface area (Å²) in [5.41, 5.74) is 2.93. The third-order valence-corrected chi connectivity index (χ3v) is 7.62. The molecule has 0 saturated carbocycles. The van der Waals surface area contributed by atoms with Crippen LogP contribution in [0.25, 0.3) is 0 Å². The summed E-state index contributed by atoms with van der Waals surface area (Å²) in [5.74, 6) is 0.309. The van der Waals surface area contributed by atoms with Gasteiger partial charge in [-0.2, -0.15) is 0 Å². The van der Waals surface area contributed by atoms with Gasteiger partial charge in [-0.1, -0.05) is 32.9 Å². The van der Waals surface area contributed by atoms with Crippen LogP contribution in [0.3, 0.4) is 0 Å². The van der Waals surface area contributed by atoms with Gasteiger partial charge < -0.3 is 19.7 Å². The second-order valence-electron chi connectivity index (χ2n) is 9.90. The summed E-state index contributed by atoms with van der Waals surface area (Å²) in [6, 6.07) is 19.0. The lowest BCUT2D eigenvalue weighted by Crippen LogP contribution is -2.37. The first-order valence-electron chi connectivity index (χ1n) is 12.1. The van der Waals surface area contributed by atoms with Crippen molar-refractivity contribution in [2.75, 3.05) is 48.4 Å². The molecule has 1 heterocycles. The molecule has 3 aromatic rings. The fourth-order valence-electron chi connectivity index (χ4n) is 4.07. The average molecular weight is 524 g/mol. The standard InChI is InChI=1S/C28H33N3O5S/c1-28(2,3)21-7-5-20(6-8-21)27(32)29-23-11-14-25(31-15-17-36-18-16-31)26(19-23)37(33,34)30-22-9-12-24(35-4)13-10-22/h5-14,19,30H,15-18H2,1-4H3,(H,29,32). The van der Waals surface area contributed by atoms with Crippen molar-refractivity contribution in [2.24, 2.45) is 0 Å². The molecular formula is C28H33N3O5S. The van der Waals surface area contributed by atoms with E-state index in [2.05, 4.69) is 30.8 Å². The minimum absolute atomic E-state index is 0.0233. The molecule has 37 heavy (non-hydrogen) atoms. The van der Waals surface area contributed by atoms with Crippen LogP contribution in [0.15, 0.2) is 71.6 Å². The van der Waals surface area contributed by atoms with Gasteiger partial charge in [-0.05, 0) is 65.6 Å². The van der Waals surface area contributed by atoms with E-state index in [0.717, 1.165) is 5.56 Å². The van der Waals surface area contributed by atoms with Crippen LogP contribution in [0.4, 0.5) is 17.1 Å². The SMILES string of the molecule is COc1ccc(NS(=O)(=O)c2cc(NC(=O)c3ccc(C(C)(C)C)cc3)ccc2N2CCOCC2)cc1. The first kappa shape index (κ1) is 26.5. The Hall–Kier alpha value is -3.56. The van der Waals surface area contributed by atoms with Crippen molar-refractivity contribution in [1.82, 2.24) is 0 Å². The number of amides is 1. The van der Waals surface area contributed by atoms with E-state index in [0.29, 0.717) is 54.7 Å². The van der Waals surface area contributed by atoms with E-state index >= 15 is 0 Å². The van der Waals surface area contributed by atoms with E-state index in [1.165, 1.54) is 6.07 Å². The molecule has 0 bridgehead atoms. The Kier molecular flexibility index (Phi) is 7.75. The summed E-state index contributed by atoms with van der Waals surface area (Å²) < 4.78 is 40.3. The van der Waals surface area contributed by atoms with Gasteiger partial charge in [-0.3, -0.25) is 9.52 Å². The monoisotopic (exact) mass is 523 g/mol. The zero-order valence-corrected chi connectivity index (χ0v) is 22.4. The van der Waals surface area contributed by atoms with Crippen LogP contribution in [-0.2, 0) is 20.2 Å². The quantitative estimate of drug-likeness (QED) is 0.458. The number of benzene rings is 3. The van der Waals surface area contributed by atoms with Gasteiger partial charge in [0.25, 0.3) is 15.9 Å². The number of hydrogen-bond donors (Lipinski definition) is 2. The summed E-state index contributed by atoms with van der Waals surface area (Å²) in [6.45, 7) is 8.48. The van der Waals surface area contributed by atoms with E-state index in [1.807, 2.05) is 17.0 Å². The minimum atomic E-state index is -3.98. The summed E-state index contributed by atoms with van der Waals surface area (Å²) in [7, 11) is -2.43. The molecule has 0 atom stereocenters. The van der Waals surface area contributed by atoms with Crippen LogP contribution >= 0.6 is 0 Å². The van der Waals surface area contributed by atoms with Crippen molar-refractivity contribution in [3.05, 3.63) is 77.9 Å². The fourth-order valence-corrected chi connectivity index (χ4v) is 5.38. The second kappa shape index (κ2) is 10.8. The van der Waals surface area contributed by atoms with Crippen molar-refractivity contribution in [1.29, 1.82) is 0 Å². The number of hydrogen-bond acceptors (Lipinski definition) is 6. The van der Waals surface area contributed by atoms with Crippen molar-refractivity contribution >= 4 is 33.0 Å². The van der Waals surface area contributed by atoms with Crippen molar-refractivity contribution in [2.45, 2.75) is 31.1 Å². The molecule has 0 unspecified atom stereocenters. The number of anilines is 3. The molecule has 1 aliphatic rings. The maximum atomic E-state index is 13.5. The normalized spacial score (nSPS) is 14.2. The maximum absolute atomic E-state index is 13.5. The molecule has 1 fully saturated rings. The molecule has 0 spiro atoms. The predicted molar refractivity (Wildman–Crippen MR) is 146 cm³/mol. The van der Waals surface area contributed by atoms with Gasteiger partial charge in [0, 0.05) is 30.0 Å². The van der Waals surface area contributed by atoms with E-state index in [1.54, 1.807) is 55.6 Å². The predicted octanol–water partition coefficient (Wildman–Crippen LogP) is 4.88. The van der Waals surface area contributed by atoms with E-state index in [4.69, 9.17) is 9.47 Å². The van der Waals surface area contributed by atoms with Gasteiger partial charge in [0.05, 0.1) is 26.0 Å².